The second kappa shape index (κ2) is 5.69. The average Bonchev–Trinajstić information content (AvgIpc) is 2.40. The Morgan fingerprint density at radius 2 is 1.94 bits per heavy atom. The first kappa shape index (κ1) is 12.7. The van der Waals surface area contributed by atoms with Crippen LogP contribution in [-0.4, -0.2) is 6.61 Å². The average molecular weight is 241 g/mol. The van der Waals surface area contributed by atoms with Crippen molar-refractivity contribution in [3.05, 3.63) is 53.6 Å². The van der Waals surface area contributed by atoms with E-state index in [0.717, 1.165) is 11.3 Å². The molecule has 0 fully saturated rings. The molecule has 0 saturated carbocycles. The van der Waals surface area contributed by atoms with Gasteiger partial charge in [-0.15, -0.1) is 0 Å². The van der Waals surface area contributed by atoms with Gasteiger partial charge in [0.2, 0.25) is 0 Å². The van der Waals surface area contributed by atoms with Crippen LogP contribution in [-0.2, 0) is 6.54 Å². The molecule has 2 nitrogen and oxygen atoms in total. The molecule has 18 heavy (non-hydrogen) atoms. The van der Waals surface area contributed by atoms with Crippen LogP contribution in [0.3, 0.4) is 0 Å². The largest absolute Gasteiger partial charge is 0.494 e. The summed E-state index contributed by atoms with van der Waals surface area (Å²) in [6.07, 6.45) is 0. The van der Waals surface area contributed by atoms with Gasteiger partial charge in [0.15, 0.2) is 0 Å². The van der Waals surface area contributed by atoms with Gasteiger partial charge in [-0.25, -0.2) is 0 Å². The first-order valence-electron chi connectivity index (χ1n) is 6.27. The summed E-state index contributed by atoms with van der Waals surface area (Å²) >= 11 is 0. The van der Waals surface area contributed by atoms with Crippen molar-refractivity contribution in [2.24, 2.45) is 5.73 Å². The fourth-order valence-electron chi connectivity index (χ4n) is 2.03. The quantitative estimate of drug-likeness (QED) is 0.889. The molecule has 0 saturated heterocycles. The van der Waals surface area contributed by atoms with Gasteiger partial charge in [-0.1, -0.05) is 24.3 Å². The molecule has 0 aliphatic rings. The Hall–Kier alpha value is -1.80. The van der Waals surface area contributed by atoms with Gasteiger partial charge in [0.1, 0.15) is 5.75 Å². The van der Waals surface area contributed by atoms with Gasteiger partial charge >= 0.3 is 0 Å². The van der Waals surface area contributed by atoms with E-state index in [2.05, 4.69) is 37.3 Å². The predicted molar refractivity (Wildman–Crippen MR) is 75.7 cm³/mol. The molecule has 0 unspecified atom stereocenters. The summed E-state index contributed by atoms with van der Waals surface area (Å²) in [5.74, 6) is 0.910. The van der Waals surface area contributed by atoms with Crippen molar-refractivity contribution in [3.8, 4) is 16.9 Å². The molecule has 2 heteroatoms. The van der Waals surface area contributed by atoms with E-state index in [1.807, 2.05) is 19.1 Å². The minimum absolute atomic E-state index is 0.568. The maximum Gasteiger partial charge on any atom is 0.119 e. The predicted octanol–water partition coefficient (Wildman–Crippen LogP) is 3.52. The van der Waals surface area contributed by atoms with Crippen molar-refractivity contribution in [1.82, 2.24) is 0 Å². The minimum Gasteiger partial charge on any atom is -0.494 e. The van der Waals surface area contributed by atoms with E-state index in [4.69, 9.17) is 10.5 Å². The van der Waals surface area contributed by atoms with Crippen LogP contribution in [0.4, 0.5) is 0 Å². The van der Waals surface area contributed by atoms with Crippen molar-refractivity contribution in [1.29, 1.82) is 0 Å². The number of rotatable bonds is 4. The summed E-state index contributed by atoms with van der Waals surface area (Å²) in [5, 5.41) is 0. The smallest absolute Gasteiger partial charge is 0.119 e. The second-order valence-electron chi connectivity index (χ2n) is 4.31. The fourth-order valence-corrected chi connectivity index (χ4v) is 2.03. The zero-order valence-electron chi connectivity index (χ0n) is 10.9. The van der Waals surface area contributed by atoms with Gasteiger partial charge < -0.3 is 10.5 Å². The molecule has 0 heterocycles. The normalized spacial score (nSPS) is 10.4. The lowest BCUT2D eigenvalue weighted by Gasteiger charge is -2.10. The van der Waals surface area contributed by atoms with E-state index >= 15 is 0 Å². The van der Waals surface area contributed by atoms with Gasteiger partial charge in [-0.2, -0.15) is 0 Å². The van der Waals surface area contributed by atoms with Crippen molar-refractivity contribution >= 4 is 0 Å². The van der Waals surface area contributed by atoms with Crippen LogP contribution in [0.25, 0.3) is 11.1 Å². The zero-order valence-corrected chi connectivity index (χ0v) is 10.9. The van der Waals surface area contributed by atoms with Crippen LogP contribution in [0.2, 0.25) is 0 Å². The summed E-state index contributed by atoms with van der Waals surface area (Å²) < 4.78 is 5.54. The third-order valence-corrected chi connectivity index (χ3v) is 2.99. The van der Waals surface area contributed by atoms with E-state index in [1.165, 1.54) is 16.7 Å². The summed E-state index contributed by atoms with van der Waals surface area (Å²) in [6, 6.07) is 14.5. The molecular weight excluding hydrogens is 222 g/mol. The Balaban J connectivity index is 2.44. The van der Waals surface area contributed by atoms with Crippen LogP contribution in [0, 0.1) is 6.92 Å². The van der Waals surface area contributed by atoms with Crippen LogP contribution >= 0.6 is 0 Å². The number of aryl methyl sites for hydroxylation is 1. The van der Waals surface area contributed by atoms with Crippen LogP contribution in [0.5, 0.6) is 5.75 Å². The Morgan fingerprint density at radius 3 is 2.67 bits per heavy atom. The van der Waals surface area contributed by atoms with E-state index in [1.54, 1.807) is 0 Å². The van der Waals surface area contributed by atoms with Gasteiger partial charge in [-0.3, -0.25) is 0 Å². The molecule has 0 aromatic heterocycles. The molecule has 0 spiro atoms. The number of benzene rings is 2. The molecule has 0 atom stereocenters. The molecule has 0 bridgehead atoms. The zero-order chi connectivity index (χ0) is 13.0. The lowest BCUT2D eigenvalue weighted by Crippen LogP contribution is -1.97. The van der Waals surface area contributed by atoms with Gasteiger partial charge in [0.25, 0.3) is 0 Å². The van der Waals surface area contributed by atoms with Crippen molar-refractivity contribution in [3.63, 3.8) is 0 Å². The first-order valence-corrected chi connectivity index (χ1v) is 6.27. The fraction of sp³-hybridized carbons (Fsp3) is 0.250. The highest BCUT2D eigenvalue weighted by molar-refractivity contribution is 5.69. The summed E-state index contributed by atoms with van der Waals surface area (Å²) in [5.41, 5.74) is 10.5. The number of ether oxygens (including phenoxy) is 1. The molecule has 0 aliphatic carbocycles. The highest BCUT2D eigenvalue weighted by Crippen LogP contribution is 2.27. The van der Waals surface area contributed by atoms with Gasteiger partial charge in [0.05, 0.1) is 6.61 Å². The van der Waals surface area contributed by atoms with Crippen LogP contribution < -0.4 is 10.5 Å². The highest BCUT2D eigenvalue weighted by Gasteiger charge is 2.04. The van der Waals surface area contributed by atoms with Gasteiger partial charge in [-0.05, 0) is 54.3 Å². The van der Waals surface area contributed by atoms with E-state index in [0.29, 0.717) is 13.2 Å². The topological polar surface area (TPSA) is 35.2 Å². The maximum atomic E-state index is 5.70. The molecule has 2 N–H and O–H groups in total. The lowest BCUT2D eigenvalue weighted by atomic mass is 9.98. The summed E-state index contributed by atoms with van der Waals surface area (Å²) in [7, 11) is 0. The molecule has 2 aromatic rings. The number of hydrogen-bond donors (Lipinski definition) is 1. The molecule has 0 aliphatic heterocycles. The van der Waals surface area contributed by atoms with Crippen LogP contribution in [0.15, 0.2) is 42.5 Å². The Labute approximate surface area is 108 Å². The Morgan fingerprint density at radius 1 is 1.11 bits per heavy atom. The monoisotopic (exact) mass is 241 g/mol. The standard InChI is InChI=1S/C16H19NO/c1-3-18-15-6-4-5-14(10-15)16-9-13(11-17)8-7-12(16)2/h4-10H,3,11,17H2,1-2H3. The summed E-state index contributed by atoms with van der Waals surface area (Å²) in [4.78, 5) is 0. The molecule has 0 amide bonds. The molecule has 0 radical (unpaired) electrons. The third kappa shape index (κ3) is 2.71. The maximum absolute atomic E-state index is 5.70. The van der Waals surface area contributed by atoms with E-state index < -0.39 is 0 Å². The van der Waals surface area contributed by atoms with E-state index in [9.17, 15) is 0 Å². The highest BCUT2D eigenvalue weighted by atomic mass is 16.5. The number of hydrogen-bond acceptors (Lipinski definition) is 2. The summed E-state index contributed by atoms with van der Waals surface area (Å²) in [6.45, 7) is 5.36. The minimum atomic E-state index is 0.568. The number of nitrogens with two attached hydrogens (primary N) is 1. The van der Waals surface area contributed by atoms with Crippen molar-refractivity contribution in [2.45, 2.75) is 20.4 Å². The van der Waals surface area contributed by atoms with Crippen molar-refractivity contribution in [2.75, 3.05) is 6.61 Å². The molecule has 2 rings (SSSR count). The Kier molecular flexibility index (Phi) is 4.00. The van der Waals surface area contributed by atoms with Crippen LogP contribution in [0.1, 0.15) is 18.1 Å². The van der Waals surface area contributed by atoms with Crippen molar-refractivity contribution < 1.29 is 4.74 Å². The third-order valence-electron chi connectivity index (χ3n) is 2.99. The molecule has 94 valence electrons. The Bertz CT molecular complexity index is 534. The first-order chi connectivity index (χ1) is 8.74. The SMILES string of the molecule is CCOc1cccc(-c2cc(CN)ccc2C)c1. The second-order valence-corrected chi connectivity index (χ2v) is 4.31. The molecule has 2 aromatic carbocycles. The van der Waals surface area contributed by atoms with E-state index in [-0.39, 0.29) is 0 Å². The molecular formula is C16H19NO. The lowest BCUT2D eigenvalue weighted by molar-refractivity contribution is 0.340. The van der Waals surface area contributed by atoms with Gasteiger partial charge in [0, 0.05) is 6.54 Å².